The monoisotopic (exact) mass is 421 g/mol. The van der Waals surface area contributed by atoms with E-state index in [2.05, 4.69) is 32.3 Å². The Balaban J connectivity index is 2.22. The molecule has 3 rings (SSSR count). The average molecular weight is 423 g/mol. The molecular weight excluding hydrogens is 413 g/mol. The van der Waals surface area contributed by atoms with Crippen LogP contribution >= 0.6 is 39.1 Å². The number of aromatic nitrogens is 1. The van der Waals surface area contributed by atoms with Crippen molar-refractivity contribution in [3.05, 3.63) is 56.6 Å². The summed E-state index contributed by atoms with van der Waals surface area (Å²) in [6.45, 7) is 0. The molecule has 24 heavy (non-hydrogen) atoms. The highest BCUT2D eigenvalue weighted by molar-refractivity contribution is 9.10. The first-order valence-corrected chi connectivity index (χ1v) is 8.37. The van der Waals surface area contributed by atoms with Crippen LogP contribution in [0.1, 0.15) is 5.56 Å². The molecular formula is C17H10BrCl2N3O. The summed E-state index contributed by atoms with van der Waals surface area (Å²) in [5.41, 5.74) is 2.29. The highest BCUT2D eigenvalue weighted by Gasteiger charge is 2.14. The van der Waals surface area contributed by atoms with Gasteiger partial charge in [0.25, 0.3) is 0 Å². The lowest BCUT2D eigenvalue weighted by molar-refractivity contribution is 0.415. The Morgan fingerprint density at radius 1 is 1.29 bits per heavy atom. The van der Waals surface area contributed by atoms with Crippen LogP contribution < -0.4 is 10.1 Å². The topological polar surface area (TPSA) is 57.9 Å². The number of hydrogen-bond acceptors (Lipinski definition) is 4. The Labute approximate surface area is 157 Å². The summed E-state index contributed by atoms with van der Waals surface area (Å²) < 4.78 is 6.06. The number of anilines is 2. The van der Waals surface area contributed by atoms with Crippen LogP contribution in [0.15, 0.2) is 41.0 Å². The molecule has 0 saturated heterocycles. The van der Waals surface area contributed by atoms with Crippen LogP contribution in [0.25, 0.3) is 10.9 Å². The number of benzene rings is 2. The number of nitrogens with zero attached hydrogens (tertiary/aromatic N) is 2. The first kappa shape index (κ1) is 16.8. The Morgan fingerprint density at radius 3 is 2.79 bits per heavy atom. The van der Waals surface area contributed by atoms with Gasteiger partial charge >= 0.3 is 0 Å². The van der Waals surface area contributed by atoms with Gasteiger partial charge in [-0.25, -0.2) is 0 Å². The van der Waals surface area contributed by atoms with Crippen molar-refractivity contribution >= 4 is 61.4 Å². The maximum Gasteiger partial charge on any atom is 0.122 e. The molecule has 0 radical (unpaired) electrons. The Bertz CT molecular complexity index is 986. The zero-order valence-corrected chi connectivity index (χ0v) is 15.5. The van der Waals surface area contributed by atoms with Crippen LogP contribution in [0.5, 0.6) is 5.75 Å². The molecule has 120 valence electrons. The van der Waals surface area contributed by atoms with E-state index < -0.39 is 0 Å². The second-order valence-electron chi connectivity index (χ2n) is 4.89. The summed E-state index contributed by atoms with van der Waals surface area (Å²) in [5.74, 6) is 0.560. The van der Waals surface area contributed by atoms with Crippen LogP contribution in [0.3, 0.4) is 0 Å². The summed E-state index contributed by atoms with van der Waals surface area (Å²) in [6, 6.07) is 11.1. The third-order valence-electron chi connectivity index (χ3n) is 3.47. The van der Waals surface area contributed by atoms with Gasteiger partial charge in [0.05, 0.1) is 39.6 Å². The number of nitrogens with one attached hydrogen (secondary N) is 1. The lowest BCUT2D eigenvalue weighted by atomic mass is 10.1. The summed E-state index contributed by atoms with van der Waals surface area (Å²) in [6.07, 6.45) is 1.52. The largest absolute Gasteiger partial charge is 0.497 e. The molecule has 1 N–H and O–H groups in total. The molecule has 0 bridgehead atoms. The van der Waals surface area contributed by atoms with Gasteiger partial charge in [0.15, 0.2) is 0 Å². The predicted molar refractivity (Wildman–Crippen MR) is 100 cm³/mol. The number of halogens is 3. The third-order valence-corrected chi connectivity index (χ3v) is 4.91. The fourth-order valence-electron chi connectivity index (χ4n) is 2.31. The van der Waals surface area contributed by atoms with Crippen molar-refractivity contribution < 1.29 is 4.74 Å². The van der Waals surface area contributed by atoms with Crippen LogP contribution in [0, 0.1) is 11.3 Å². The van der Waals surface area contributed by atoms with Crippen molar-refractivity contribution in [2.24, 2.45) is 0 Å². The van der Waals surface area contributed by atoms with Crippen LogP contribution in [0.4, 0.5) is 11.4 Å². The molecule has 0 aliphatic rings. The molecule has 0 aliphatic carbocycles. The smallest absolute Gasteiger partial charge is 0.122 e. The number of pyridine rings is 1. The molecule has 1 heterocycles. The lowest BCUT2D eigenvalue weighted by Crippen LogP contribution is -1.98. The Morgan fingerprint density at radius 2 is 2.08 bits per heavy atom. The molecule has 0 saturated carbocycles. The second kappa shape index (κ2) is 6.86. The van der Waals surface area contributed by atoms with Crippen molar-refractivity contribution in [1.29, 1.82) is 5.26 Å². The molecule has 0 unspecified atom stereocenters. The number of fused-ring (bicyclic) bond motifs is 1. The highest BCUT2D eigenvalue weighted by atomic mass is 79.9. The zero-order chi connectivity index (χ0) is 17.3. The fourth-order valence-corrected chi connectivity index (χ4v) is 3.15. The van der Waals surface area contributed by atoms with Gasteiger partial charge in [-0.1, -0.05) is 35.3 Å². The van der Waals surface area contributed by atoms with Crippen molar-refractivity contribution in [3.8, 4) is 11.8 Å². The summed E-state index contributed by atoms with van der Waals surface area (Å²) in [5, 5.41) is 14.1. The zero-order valence-electron chi connectivity index (χ0n) is 12.4. The van der Waals surface area contributed by atoms with E-state index in [0.717, 1.165) is 15.4 Å². The van der Waals surface area contributed by atoms with Gasteiger partial charge in [-0.15, -0.1) is 0 Å². The Kier molecular flexibility index (Phi) is 4.81. The summed E-state index contributed by atoms with van der Waals surface area (Å²) in [4.78, 5) is 4.33. The molecule has 0 fully saturated rings. The van der Waals surface area contributed by atoms with E-state index >= 15 is 0 Å². The van der Waals surface area contributed by atoms with E-state index in [-0.39, 0.29) is 0 Å². The number of nitriles is 1. The first-order chi connectivity index (χ1) is 11.5. The van der Waals surface area contributed by atoms with Crippen molar-refractivity contribution in [3.63, 3.8) is 0 Å². The third kappa shape index (κ3) is 3.01. The van der Waals surface area contributed by atoms with E-state index in [9.17, 15) is 5.26 Å². The molecule has 1 aromatic heterocycles. The lowest BCUT2D eigenvalue weighted by Gasteiger charge is -2.15. The highest BCUT2D eigenvalue weighted by Crippen LogP contribution is 2.39. The predicted octanol–water partition coefficient (Wildman–Crippen LogP) is 5.93. The standard InChI is InChI=1S/C17H10BrCl2N3O/c1-24-10-5-13(19)15(20)14(6-10)23-16-9(7-21)8-22-17-11(16)3-2-4-12(17)18/h2-6,8H,1H3,(H,22,23). The van der Waals surface area contributed by atoms with Gasteiger partial charge in [0.2, 0.25) is 0 Å². The molecule has 0 aliphatic heterocycles. The van der Waals surface area contributed by atoms with Gasteiger partial charge in [0.1, 0.15) is 11.8 Å². The van der Waals surface area contributed by atoms with Crippen LogP contribution in [-0.4, -0.2) is 12.1 Å². The number of hydrogen-bond donors (Lipinski definition) is 1. The maximum atomic E-state index is 9.42. The maximum absolute atomic E-state index is 9.42. The average Bonchev–Trinajstić information content (AvgIpc) is 2.59. The molecule has 0 amide bonds. The van der Waals surface area contributed by atoms with Gasteiger partial charge in [-0.3, -0.25) is 4.98 Å². The quantitative estimate of drug-likeness (QED) is 0.568. The minimum Gasteiger partial charge on any atom is -0.497 e. The minimum atomic E-state index is 0.348. The summed E-state index contributed by atoms with van der Waals surface area (Å²) in [7, 11) is 1.54. The van der Waals surface area contributed by atoms with Crippen LogP contribution in [0.2, 0.25) is 10.0 Å². The van der Waals surface area contributed by atoms with Gasteiger partial charge in [0, 0.05) is 28.2 Å². The molecule has 4 nitrogen and oxygen atoms in total. The van der Waals surface area contributed by atoms with E-state index in [4.69, 9.17) is 27.9 Å². The van der Waals surface area contributed by atoms with E-state index in [0.29, 0.717) is 32.7 Å². The molecule has 2 aromatic carbocycles. The number of para-hydroxylation sites is 1. The van der Waals surface area contributed by atoms with Gasteiger partial charge in [-0.05, 0) is 22.0 Å². The van der Waals surface area contributed by atoms with Gasteiger partial charge < -0.3 is 10.1 Å². The van der Waals surface area contributed by atoms with E-state index in [1.807, 2.05) is 18.2 Å². The molecule has 3 aromatic rings. The fraction of sp³-hybridized carbons (Fsp3) is 0.0588. The normalized spacial score (nSPS) is 10.5. The number of methoxy groups -OCH3 is 1. The van der Waals surface area contributed by atoms with Crippen LogP contribution in [-0.2, 0) is 0 Å². The van der Waals surface area contributed by atoms with Gasteiger partial charge in [-0.2, -0.15) is 5.26 Å². The summed E-state index contributed by atoms with van der Waals surface area (Å²) >= 11 is 15.9. The first-order valence-electron chi connectivity index (χ1n) is 6.82. The van der Waals surface area contributed by atoms with E-state index in [1.54, 1.807) is 19.2 Å². The minimum absolute atomic E-state index is 0.348. The molecule has 0 spiro atoms. The SMILES string of the molecule is COc1cc(Cl)c(Cl)c(Nc2c(C#N)cnc3c(Br)cccc23)c1. The molecule has 0 atom stereocenters. The molecule has 7 heteroatoms. The number of rotatable bonds is 3. The van der Waals surface area contributed by atoms with E-state index in [1.165, 1.54) is 6.20 Å². The second-order valence-corrected chi connectivity index (χ2v) is 6.53. The van der Waals surface area contributed by atoms with Crippen molar-refractivity contribution in [2.45, 2.75) is 0 Å². The van der Waals surface area contributed by atoms with Crippen molar-refractivity contribution in [2.75, 3.05) is 12.4 Å². The van der Waals surface area contributed by atoms with Crippen molar-refractivity contribution in [1.82, 2.24) is 4.98 Å². The number of ether oxygens (including phenoxy) is 1. The Hall–Kier alpha value is -2.00.